The van der Waals surface area contributed by atoms with Gasteiger partial charge < -0.3 is 9.84 Å². The SMILES string of the molecule is CC1Cc2cc(C(O)Cc3c(F)cccc3Cl)ccc2O1. The van der Waals surface area contributed by atoms with Crippen molar-refractivity contribution in [2.24, 2.45) is 0 Å². The standard InChI is InChI=1S/C17H16ClFO2/c1-10-7-12-8-11(5-6-17(12)21-10)16(20)9-13-14(18)3-2-4-15(13)19/h2-6,8,10,16,20H,7,9H2,1H3. The zero-order valence-corrected chi connectivity index (χ0v) is 12.4. The summed E-state index contributed by atoms with van der Waals surface area (Å²) in [5.41, 5.74) is 2.18. The number of fused-ring (bicyclic) bond motifs is 1. The molecule has 3 rings (SSSR count). The molecule has 2 nitrogen and oxygen atoms in total. The summed E-state index contributed by atoms with van der Waals surface area (Å²) in [6.45, 7) is 2.01. The van der Waals surface area contributed by atoms with E-state index in [0.717, 1.165) is 23.3 Å². The molecule has 2 atom stereocenters. The highest BCUT2D eigenvalue weighted by atomic mass is 35.5. The first-order chi connectivity index (χ1) is 10.0. The Morgan fingerprint density at radius 2 is 2.19 bits per heavy atom. The van der Waals surface area contributed by atoms with Gasteiger partial charge >= 0.3 is 0 Å². The second-order valence-corrected chi connectivity index (χ2v) is 5.83. The monoisotopic (exact) mass is 306 g/mol. The summed E-state index contributed by atoms with van der Waals surface area (Å²) in [5.74, 6) is 0.474. The molecule has 0 fully saturated rings. The number of benzene rings is 2. The van der Waals surface area contributed by atoms with Gasteiger partial charge in [0.1, 0.15) is 17.7 Å². The zero-order chi connectivity index (χ0) is 15.0. The van der Waals surface area contributed by atoms with Crippen LogP contribution >= 0.6 is 11.6 Å². The van der Waals surface area contributed by atoms with Gasteiger partial charge in [-0.05, 0) is 42.3 Å². The largest absolute Gasteiger partial charge is 0.490 e. The third kappa shape index (κ3) is 2.89. The minimum atomic E-state index is -0.791. The average molecular weight is 307 g/mol. The number of aliphatic hydroxyl groups is 1. The van der Waals surface area contributed by atoms with E-state index < -0.39 is 6.10 Å². The van der Waals surface area contributed by atoms with Gasteiger partial charge in [-0.2, -0.15) is 0 Å². The first kappa shape index (κ1) is 14.4. The molecule has 0 aliphatic carbocycles. The molecule has 2 unspecified atom stereocenters. The molecule has 0 aromatic heterocycles. The second-order valence-electron chi connectivity index (χ2n) is 5.42. The molecular weight excluding hydrogens is 291 g/mol. The van der Waals surface area contributed by atoms with E-state index in [-0.39, 0.29) is 18.3 Å². The van der Waals surface area contributed by atoms with Crippen molar-refractivity contribution in [3.05, 3.63) is 63.9 Å². The maximum Gasteiger partial charge on any atom is 0.127 e. The summed E-state index contributed by atoms with van der Waals surface area (Å²) in [6, 6.07) is 10.1. The van der Waals surface area contributed by atoms with Gasteiger partial charge in [-0.3, -0.25) is 0 Å². The lowest BCUT2D eigenvalue weighted by molar-refractivity contribution is 0.177. The minimum absolute atomic E-state index is 0.153. The van der Waals surface area contributed by atoms with E-state index in [1.165, 1.54) is 6.07 Å². The molecule has 2 aromatic rings. The van der Waals surface area contributed by atoms with E-state index in [4.69, 9.17) is 16.3 Å². The van der Waals surface area contributed by atoms with E-state index in [1.807, 2.05) is 25.1 Å². The Balaban J connectivity index is 1.83. The summed E-state index contributed by atoms with van der Waals surface area (Å²) in [6.07, 6.45) is 0.353. The van der Waals surface area contributed by atoms with Crippen molar-refractivity contribution in [1.82, 2.24) is 0 Å². The summed E-state index contributed by atoms with van der Waals surface area (Å²) >= 11 is 6.00. The maximum atomic E-state index is 13.8. The van der Waals surface area contributed by atoms with Crippen molar-refractivity contribution >= 4 is 11.6 Å². The van der Waals surface area contributed by atoms with Crippen LogP contribution in [0.2, 0.25) is 5.02 Å². The number of halogens is 2. The van der Waals surface area contributed by atoms with E-state index in [1.54, 1.807) is 12.1 Å². The summed E-state index contributed by atoms with van der Waals surface area (Å²) in [4.78, 5) is 0. The summed E-state index contributed by atoms with van der Waals surface area (Å²) in [7, 11) is 0. The Morgan fingerprint density at radius 1 is 1.38 bits per heavy atom. The van der Waals surface area contributed by atoms with Crippen molar-refractivity contribution < 1.29 is 14.2 Å². The highest BCUT2D eigenvalue weighted by Gasteiger charge is 2.21. The van der Waals surface area contributed by atoms with Crippen LogP contribution < -0.4 is 4.74 Å². The Hall–Kier alpha value is -1.58. The fourth-order valence-corrected chi connectivity index (χ4v) is 2.93. The van der Waals surface area contributed by atoms with Crippen molar-refractivity contribution in [1.29, 1.82) is 0 Å². The third-order valence-electron chi connectivity index (χ3n) is 3.76. The zero-order valence-electron chi connectivity index (χ0n) is 11.6. The van der Waals surface area contributed by atoms with Crippen LogP contribution in [-0.2, 0) is 12.8 Å². The smallest absolute Gasteiger partial charge is 0.127 e. The van der Waals surface area contributed by atoms with Gasteiger partial charge in [0.2, 0.25) is 0 Å². The normalized spacial score (nSPS) is 18.2. The van der Waals surface area contributed by atoms with Gasteiger partial charge in [-0.1, -0.05) is 23.7 Å². The van der Waals surface area contributed by atoms with Gasteiger partial charge in [0.05, 0.1) is 6.10 Å². The van der Waals surface area contributed by atoms with Crippen molar-refractivity contribution in [3.8, 4) is 5.75 Å². The number of aliphatic hydroxyl groups excluding tert-OH is 1. The Morgan fingerprint density at radius 3 is 2.95 bits per heavy atom. The van der Waals surface area contributed by atoms with Crippen LogP contribution in [0.4, 0.5) is 4.39 Å². The molecule has 2 aromatic carbocycles. The van der Waals surface area contributed by atoms with Crippen LogP contribution in [0.25, 0.3) is 0 Å². The van der Waals surface area contributed by atoms with E-state index in [0.29, 0.717) is 10.6 Å². The highest BCUT2D eigenvalue weighted by molar-refractivity contribution is 6.31. The van der Waals surface area contributed by atoms with Crippen LogP contribution in [-0.4, -0.2) is 11.2 Å². The van der Waals surface area contributed by atoms with Crippen molar-refractivity contribution in [2.45, 2.75) is 32.0 Å². The Kier molecular flexibility index (Phi) is 3.87. The topological polar surface area (TPSA) is 29.5 Å². The molecular formula is C17H16ClFO2. The van der Waals surface area contributed by atoms with Gasteiger partial charge in [0.15, 0.2) is 0 Å². The maximum absolute atomic E-state index is 13.8. The molecule has 1 N–H and O–H groups in total. The lowest BCUT2D eigenvalue weighted by atomic mass is 9.98. The fraction of sp³-hybridized carbons (Fsp3) is 0.294. The van der Waals surface area contributed by atoms with Gasteiger partial charge in [0.25, 0.3) is 0 Å². The predicted octanol–water partition coefficient (Wildman–Crippen LogP) is 4.08. The van der Waals surface area contributed by atoms with Gasteiger partial charge in [-0.25, -0.2) is 4.39 Å². The van der Waals surface area contributed by atoms with Crippen LogP contribution in [0.3, 0.4) is 0 Å². The van der Waals surface area contributed by atoms with Gasteiger partial charge in [0, 0.05) is 23.4 Å². The van der Waals surface area contributed by atoms with Crippen molar-refractivity contribution in [2.75, 3.05) is 0 Å². The number of hydrogen-bond donors (Lipinski definition) is 1. The van der Waals surface area contributed by atoms with Gasteiger partial charge in [-0.15, -0.1) is 0 Å². The molecule has 1 aliphatic heterocycles. The molecule has 21 heavy (non-hydrogen) atoms. The first-order valence-electron chi connectivity index (χ1n) is 6.95. The quantitative estimate of drug-likeness (QED) is 0.926. The average Bonchev–Trinajstić information content (AvgIpc) is 2.81. The molecule has 110 valence electrons. The van der Waals surface area contributed by atoms with Crippen molar-refractivity contribution in [3.63, 3.8) is 0 Å². The summed E-state index contributed by atoms with van der Waals surface area (Å²) < 4.78 is 19.4. The fourth-order valence-electron chi connectivity index (χ4n) is 2.69. The number of hydrogen-bond acceptors (Lipinski definition) is 2. The summed E-state index contributed by atoms with van der Waals surface area (Å²) in [5, 5.41) is 10.7. The predicted molar refractivity (Wildman–Crippen MR) is 80.3 cm³/mol. The lowest BCUT2D eigenvalue weighted by Gasteiger charge is -2.14. The molecule has 0 saturated carbocycles. The minimum Gasteiger partial charge on any atom is -0.490 e. The Labute approximate surface area is 128 Å². The molecule has 0 saturated heterocycles. The second kappa shape index (κ2) is 5.66. The van der Waals surface area contributed by atoms with E-state index in [2.05, 4.69) is 0 Å². The van der Waals surface area contributed by atoms with Crippen LogP contribution in [0.15, 0.2) is 36.4 Å². The number of rotatable bonds is 3. The number of ether oxygens (including phenoxy) is 1. The van der Waals surface area contributed by atoms with E-state index >= 15 is 0 Å². The highest BCUT2D eigenvalue weighted by Crippen LogP contribution is 2.32. The molecule has 4 heteroatoms. The first-order valence-corrected chi connectivity index (χ1v) is 7.33. The molecule has 1 heterocycles. The third-order valence-corrected chi connectivity index (χ3v) is 4.12. The molecule has 0 radical (unpaired) electrons. The van der Waals surface area contributed by atoms with E-state index in [9.17, 15) is 9.50 Å². The van der Waals surface area contributed by atoms with Crippen LogP contribution in [0.5, 0.6) is 5.75 Å². The van der Waals surface area contributed by atoms with Crippen LogP contribution in [0.1, 0.15) is 29.7 Å². The molecule has 1 aliphatic rings. The van der Waals surface area contributed by atoms with Crippen LogP contribution in [0, 0.1) is 5.82 Å². The molecule has 0 spiro atoms. The molecule has 0 amide bonds. The Bertz CT molecular complexity index is 652. The molecule has 0 bridgehead atoms. The lowest BCUT2D eigenvalue weighted by Crippen LogP contribution is -2.05.